The van der Waals surface area contributed by atoms with Gasteiger partial charge in [0.15, 0.2) is 0 Å². The van der Waals surface area contributed by atoms with Gasteiger partial charge in [-0.25, -0.2) is 0 Å². The quantitative estimate of drug-likeness (QED) is 0.105. The van der Waals surface area contributed by atoms with E-state index in [2.05, 4.69) is 60.6 Å². The van der Waals surface area contributed by atoms with Gasteiger partial charge < -0.3 is 20.1 Å². The molecular formula is C38H70O4. The van der Waals surface area contributed by atoms with Crippen LogP contribution in [0.3, 0.4) is 0 Å². The fourth-order valence-electron chi connectivity index (χ4n) is 5.98. The molecular weight excluding hydrogens is 520 g/mol. The Hall–Kier alpha value is -0.940. The summed E-state index contributed by atoms with van der Waals surface area (Å²) in [5, 5.41) is 27.9. The number of rotatable bonds is 24. The third-order valence-corrected chi connectivity index (χ3v) is 8.89. The number of aryl methyl sites for hydroxylation is 1. The molecule has 0 saturated heterocycles. The molecule has 1 aromatic rings. The van der Waals surface area contributed by atoms with E-state index in [4.69, 9.17) is 4.74 Å². The lowest BCUT2D eigenvalue weighted by molar-refractivity contribution is -0.0582. The summed E-state index contributed by atoms with van der Waals surface area (Å²) in [6.07, 6.45) is 22.4. The first-order valence-electron chi connectivity index (χ1n) is 17.4. The highest BCUT2D eigenvalue weighted by Crippen LogP contribution is 2.36. The van der Waals surface area contributed by atoms with Crippen molar-refractivity contribution in [1.29, 1.82) is 0 Å². The first kappa shape index (κ1) is 39.1. The molecule has 0 unspecified atom stereocenters. The van der Waals surface area contributed by atoms with Gasteiger partial charge in [0.25, 0.3) is 0 Å². The maximum absolute atomic E-state index is 9.31. The summed E-state index contributed by atoms with van der Waals surface area (Å²) in [5.41, 5.74) is 5.61. The fraction of sp³-hybridized carbons (Fsp3) is 0.842. The molecule has 4 heteroatoms. The topological polar surface area (TPSA) is 69.9 Å². The van der Waals surface area contributed by atoms with Crippen LogP contribution in [0, 0.1) is 12.3 Å². The van der Waals surface area contributed by atoms with E-state index in [0.717, 1.165) is 12.8 Å². The fourth-order valence-corrected chi connectivity index (χ4v) is 5.98. The third-order valence-electron chi connectivity index (χ3n) is 8.89. The molecule has 0 aliphatic carbocycles. The zero-order valence-corrected chi connectivity index (χ0v) is 29.0. The van der Waals surface area contributed by atoms with Crippen LogP contribution in [-0.2, 0) is 22.0 Å². The molecule has 0 heterocycles. The van der Waals surface area contributed by atoms with Crippen molar-refractivity contribution in [2.24, 2.45) is 5.41 Å². The molecule has 0 fully saturated rings. The van der Waals surface area contributed by atoms with Gasteiger partial charge in [-0.2, -0.15) is 0 Å². The number of aliphatic hydroxyl groups is 3. The normalized spacial score (nSPS) is 12.8. The minimum atomic E-state index is -0.907. The Balaban J connectivity index is 2.03. The highest BCUT2D eigenvalue weighted by atomic mass is 16.5. The summed E-state index contributed by atoms with van der Waals surface area (Å²) >= 11 is 0. The summed E-state index contributed by atoms with van der Waals surface area (Å²) < 4.78 is 5.56. The van der Waals surface area contributed by atoms with Gasteiger partial charge >= 0.3 is 0 Å². The van der Waals surface area contributed by atoms with E-state index in [1.54, 1.807) is 16.7 Å². The second-order valence-electron chi connectivity index (χ2n) is 15.3. The van der Waals surface area contributed by atoms with Crippen molar-refractivity contribution in [3.8, 4) is 0 Å². The lowest BCUT2D eigenvalue weighted by atomic mass is 9.74. The van der Waals surface area contributed by atoms with Crippen LogP contribution in [0.25, 0.3) is 0 Å². The molecule has 1 rings (SSSR count). The number of hydrogen-bond donors (Lipinski definition) is 3. The van der Waals surface area contributed by atoms with E-state index in [9.17, 15) is 15.3 Å². The molecule has 0 bridgehead atoms. The Bertz CT molecular complexity index is 770. The van der Waals surface area contributed by atoms with Gasteiger partial charge in [0.2, 0.25) is 0 Å². The van der Waals surface area contributed by atoms with Gasteiger partial charge in [-0.05, 0) is 53.7 Å². The molecule has 246 valence electrons. The van der Waals surface area contributed by atoms with E-state index >= 15 is 0 Å². The Morgan fingerprint density at radius 2 is 0.857 bits per heavy atom. The van der Waals surface area contributed by atoms with Crippen molar-refractivity contribution in [1.82, 2.24) is 0 Å². The summed E-state index contributed by atoms with van der Waals surface area (Å²) in [6.45, 7) is 16.5. The molecule has 0 aliphatic heterocycles. The van der Waals surface area contributed by atoms with E-state index in [1.165, 1.54) is 102 Å². The van der Waals surface area contributed by atoms with Crippen LogP contribution in [0.1, 0.15) is 167 Å². The molecule has 0 saturated carbocycles. The van der Waals surface area contributed by atoms with E-state index in [-0.39, 0.29) is 37.3 Å². The van der Waals surface area contributed by atoms with Crippen LogP contribution < -0.4 is 0 Å². The predicted molar refractivity (Wildman–Crippen MR) is 181 cm³/mol. The first-order chi connectivity index (χ1) is 19.9. The number of benzene rings is 1. The zero-order chi connectivity index (χ0) is 31.5. The van der Waals surface area contributed by atoms with Crippen LogP contribution in [0.4, 0.5) is 0 Å². The van der Waals surface area contributed by atoms with Crippen molar-refractivity contribution in [2.45, 2.75) is 168 Å². The highest BCUT2D eigenvalue weighted by molar-refractivity contribution is 5.45. The molecule has 0 atom stereocenters. The summed E-state index contributed by atoms with van der Waals surface area (Å²) in [4.78, 5) is 0. The molecule has 3 N–H and O–H groups in total. The Labute approximate surface area is 261 Å². The van der Waals surface area contributed by atoms with E-state index in [0.29, 0.717) is 6.61 Å². The van der Waals surface area contributed by atoms with Gasteiger partial charge in [0.05, 0.1) is 31.8 Å². The van der Waals surface area contributed by atoms with Crippen LogP contribution >= 0.6 is 0 Å². The van der Waals surface area contributed by atoms with Gasteiger partial charge in [0, 0.05) is 6.61 Å². The maximum atomic E-state index is 9.31. The summed E-state index contributed by atoms with van der Waals surface area (Å²) in [6, 6.07) is 4.88. The lowest BCUT2D eigenvalue weighted by Gasteiger charge is -2.31. The average molecular weight is 591 g/mol. The molecule has 42 heavy (non-hydrogen) atoms. The standard InChI is InChI=1S/C38H70O4/c1-32-26-34(36(2,3)4)33(35(27-32)37(5,6)7)24-22-20-18-16-14-12-10-8-9-11-13-15-17-19-21-23-25-42-31-38(28-39,29-40)30-41/h26-27,39-41H,8-25,28-31H2,1-7H3. The van der Waals surface area contributed by atoms with Crippen molar-refractivity contribution in [3.63, 3.8) is 0 Å². The van der Waals surface area contributed by atoms with Crippen LogP contribution in [0.2, 0.25) is 0 Å². The van der Waals surface area contributed by atoms with Gasteiger partial charge in [0.1, 0.15) is 0 Å². The molecule has 0 spiro atoms. The smallest absolute Gasteiger partial charge is 0.0629 e. The predicted octanol–water partition coefficient (Wildman–Crippen LogP) is 9.35. The molecule has 0 aliphatic rings. The maximum Gasteiger partial charge on any atom is 0.0629 e. The second kappa shape index (κ2) is 20.9. The van der Waals surface area contributed by atoms with Crippen molar-refractivity contribution in [2.75, 3.05) is 33.0 Å². The molecule has 0 amide bonds. The number of ether oxygens (including phenoxy) is 1. The Morgan fingerprint density at radius 3 is 1.19 bits per heavy atom. The average Bonchev–Trinajstić information content (AvgIpc) is 2.93. The minimum Gasteiger partial charge on any atom is -0.396 e. The van der Waals surface area contributed by atoms with Crippen molar-refractivity contribution in [3.05, 3.63) is 34.4 Å². The monoisotopic (exact) mass is 591 g/mol. The summed E-state index contributed by atoms with van der Waals surface area (Å²) in [7, 11) is 0. The largest absolute Gasteiger partial charge is 0.396 e. The van der Waals surface area contributed by atoms with Crippen LogP contribution in [0.15, 0.2) is 12.1 Å². The molecule has 0 radical (unpaired) electrons. The highest BCUT2D eigenvalue weighted by Gasteiger charge is 2.28. The Kier molecular flexibility index (Phi) is 19.5. The third kappa shape index (κ3) is 15.7. The molecule has 4 nitrogen and oxygen atoms in total. The minimum absolute atomic E-state index is 0.192. The molecule has 1 aromatic carbocycles. The summed E-state index contributed by atoms with van der Waals surface area (Å²) in [5.74, 6) is 0. The Morgan fingerprint density at radius 1 is 0.524 bits per heavy atom. The lowest BCUT2D eigenvalue weighted by Crippen LogP contribution is -2.38. The van der Waals surface area contributed by atoms with Gasteiger partial charge in [-0.15, -0.1) is 0 Å². The first-order valence-corrected chi connectivity index (χ1v) is 17.4. The molecule has 0 aromatic heterocycles. The number of aliphatic hydroxyl groups excluding tert-OH is 3. The van der Waals surface area contributed by atoms with Crippen molar-refractivity contribution >= 4 is 0 Å². The number of unbranched alkanes of at least 4 members (excludes halogenated alkanes) is 15. The SMILES string of the molecule is Cc1cc(C(C)(C)C)c(CCCCCCCCCCCCCCCCCCOCC(CO)(CO)CO)c(C(C)(C)C)c1. The van der Waals surface area contributed by atoms with E-state index in [1.807, 2.05) is 0 Å². The number of hydrogen-bond acceptors (Lipinski definition) is 4. The van der Waals surface area contributed by atoms with Crippen LogP contribution in [0.5, 0.6) is 0 Å². The second-order valence-corrected chi connectivity index (χ2v) is 15.3. The van der Waals surface area contributed by atoms with Gasteiger partial charge in [-0.1, -0.05) is 149 Å². The van der Waals surface area contributed by atoms with Crippen LogP contribution in [-0.4, -0.2) is 48.4 Å². The van der Waals surface area contributed by atoms with E-state index < -0.39 is 5.41 Å². The zero-order valence-electron chi connectivity index (χ0n) is 29.0. The van der Waals surface area contributed by atoms with Crippen molar-refractivity contribution < 1.29 is 20.1 Å². The van der Waals surface area contributed by atoms with Gasteiger partial charge in [-0.3, -0.25) is 0 Å².